The fourth-order valence-electron chi connectivity index (χ4n) is 3.37. The summed E-state index contributed by atoms with van der Waals surface area (Å²) in [5.41, 5.74) is 2.09. The van der Waals surface area contributed by atoms with Crippen molar-refractivity contribution in [2.45, 2.75) is 32.2 Å². The van der Waals surface area contributed by atoms with E-state index < -0.39 is 0 Å². The van der Waals surface area contributed by atoms with Crippen LogP contribution in [-0.2, 0) is 6.54 Å². The van der Waals surface area contributed by atoms with Gasteiger partial charge in [-0.25, -0.2) is 9.97 Å². The van der Waals surface area contributed by atoms with Gasteiger partial charge in [-0.2, -0.15) is 0 Å². The van der Waals surface area contributed by atoms with Crippen LogP contribution in [0.1, 0.15) is 34.2 Å². The van der Waals surface area contributed by atoms with Crippen LogP contribution in [0.2, 0.25) is 0 Å². The number of thiophene rings is 1. The Bertz CT molecular complexity index is 803. The fraction of sp³-hybridized carbons (Fsp3) is 0.368. The molecular weight excluding hydrogens is 302 g/mol. The van der Waals surface area contributed by atoms with E-state index in [4.69, 9.17) is 4.98 Å². The Kier molecular flexibility index (Phi) is 4.10. The summed E-state index contributed by atoms with van der Waals surface area (Å²) in [4.78, 5) is 14.6. The molecule has 0 spiro atoms. The standard InChI is InChI=1S/C19H21N3S/c1-14-4-6-17(23-14)13-22-11-8-15(9-12-22)18-7-5-16-3-2-10-20-19(16)21-18/h2-7,10,15H,8-9,11-13H2,1H3. The van der Waals surface area contributed by atoms with E-state index in [1.54, 1.807) is 0 Å². The molecule has 0 atom stereocenters. The average molecular weight is 323 g/mol. The van der Waals surface area contributed by atoms with Crippen LogP contribution >= 0.6 is 11.3 Å². The van der Waals surface area contributed by atoms with Gasteiger partial charge in [0.05, 0.1) is 0 Å². The molecule has 0 aromatic carbocycles. The lowest BCUT2D eigenvalue weighted by Crippen LogP contribution is -2.32. The summed E-state index contributed by atoms with van der Waals surface area (Å²) in [6.45, 7) is 5.59. The highest BCUT2D eigenvalue weighted by Crippen LogP contribution is 2.29. The monoisotopic (exact) mass is 323 g/mol. The number of likely N-dealkylation sites (tertiary alicyclic amines) is 1. The molecule has 0 radical (unpaired) electrons. The first-order chi connectivity index (χ1) is 11.3. The number of aryl methyl sites for hydroxylation is 1. The van der Waals surface area contributed by atoms with Gasteiger partial charge in [-0.3, -0.25) is 4.90 Å². The maximum absolute atomic E-state index is 4.78. The van der Waals surface area contributed by atoms with E-state index in [0.29, 0.717) is 5.92 Å². The van der Waals surface area contributed by atoms with Gasteiger partial charge in [0.15, 0.2) is 5.65 Å². The van der Waals surface area contributed by atoms with Gasteiger partial charge in [-0.05, 0) is 69.3 Å². The molecule has 0 bridgehead atoms. The third kappa shape index (κ3) is 3.28. The molecule has 0 saturated carbocycles. The maximum Gasteiger partial charge on any atom is 0.159 e. The molecule has 0 aliphatic carbocycles. The van der Waals surface area contributed by atoms with Crippen molar-refractivity contribution in [3.05, 3.63) is 58.0 Å². The molecule has 1 saturated heterocycles. The van der Waals surface area contributed by atoms with Gasteiger partial charge < -0.3 is 0 Å². The van der Waals surface area contributed by atoms with Crippen molar-refractivity contribution in [3.8, 4) is 0 Å². The Morgan fingerprint density at radius 3 is 2.78 bits per heavy atom. The highest BCUT2D eigenvalue weighted by Gasteiger charge is 2.22. The van der Waals surface area contributed by atoms with Crippen LogP contribution in [-0.4, -0.2) is 28.0 Å². The van der Waals surface area contributed by atoms with Crippen LogP contribution in [0.5, 0.6) is 0 Å². The van der Waals surface area contributed by atoms with Gasteiger partial charge in [-0.15, -0.1) is 11.3 Å². The van der Waals surface area contributed by atoms with E-state index in [0.717, 1.165) is 30.7 Å². The molecule has 4 rings (SSSR count). The Balaban J connectivity index is 1.42. The lowest BCUT2D eigenvalue weighted by atomic mass is 9.93. The Morgan fingerprint density at radius 2 is 2.00 bits per heavy atom. The zero-order valence-electron chi connectivity index (χ0n) is 13.4. The van der Waals surface area contributed by atoms with Gasteiger partial charge >= 0.3 is 0 Å². The largest absolute Gasteiger partial charge is 0.298 e. The number of nitrogens with zero attached hydrogens (tertiary/aromatic N) is 3. The molecule has 118 valence electrons. The molecular formula is C19H21N3S. The summed E-state index contributed by atoms with van der Waals surface area (Å²) < 4.78 is 0. The fourth-order valence-corrected chi connectivity index (χ4v) is 4.31. The Labute approximate surface area is 141 Å². The van der Waals surface area contributed by atoms with E-state index in [2.05, 4.69) is 47.1 Å². The van der Waals surface area contributed by atoms with Crippen LogP contribution in [0.15, 0.2) is 42.6 Å². The Morgan fingerprint density at radius 1 is 1.13 bits per heavy atom. The van der Waals surface area contributed by atoms with Gasteiger partial charge in [-0.1, -0.05) is 0 Å². The van der Waals surface area contributed by atoms with Crippen LogP contribution in [0.4, 0.5) is 0 Å². The minimum absolute atomic E-state index is 0.572. The SMILES string of the molecule is Cc1ccc(CN2CCC(c3ccc4cccnc4n3)CC2)s1. The van der Waals surface area contributed by atoms with Crippen molar-refractivity contribution >= 4 is 22.4 Å². The first-order valence-electron chi connectivity index (χ1n) is 8.27. The second kappa shape index (κ2) is 6.38. The zero-order valence-corrected chi connectivity index (χ0v) is 14.2. The molecule has 1 aliphatic heterocycles. The number of rotatable bonds is 3. The second-order valence-corrected chi connectivity index (χ2v) is 7.72. The highest BCUT2D eigenvalue weighted by molar-refractivity contribution is 7.11. The van der Waals surface area contributed by atoms with Crippen molar-refractivity contribution in [2.75, 3.05) is 13.1 Å². The minimum atomic E-state index is 0.572. The minimum Gasteiger partial charge on any atom is -0.298 e. The Hall–Kier alpha value is -1.78. The molecule has 3 aromatic rings. The molecule has 1 aliphatic rings. The quantitative estimate of drug-likeness (QED) is 0.716. The topological polar surface area (TPSA) is 29.0 Å². The first-order valence-corrected chi connectivity index (χ1v) is 9.09. The van der Waals surface area contributed by atoms with Crippen molar-refractivity contribution < 1.29 is 0 Å². The first kappa shape index (κ1) is 14.8. The van der Waals surface area contributed by atoms with E-state index in [1.807, 2.05) is 23.6 Å². The molecule has 4 heterocycles. The van der Waals surface area contributed by atoms with Crippen molar-refractivity contribution in [1.29, 1.82) is 0 Å². The molecule has 1 fully saturated rings. The molecule has 0 N–H and O–H groups in total. The zero-order chi connectivity index (χ0) is 15.6. The molecule has 4 heteroatoms. The summed E-state index contributed by atoms with van der Waals surface area (Å²) in [5.74, 6) is 0.572. The smallest absolute Gasteiger partial charge is 0.159 e. The normalized spacial score (nSPS) is 16.9. The number of hydrogen-bond donors (Lipinski definition) is 0. The van der Waals surface area contributed by atoms with E-state index >= 15 is 0 Å². The summed E-state index contributed by atoms with van der Waals surface area (Å²) in [5, 5.41) is 1.13. The van der Waals surface area contributed by atoms with Gasteiger partial charge in [0, 0.05) is 39.5 Å². The van der Waals surface area contributed by atoms with Crippen molar-refractivity contribution in [2.24, 2.45) is 0 Å². The molecule has 0 amide bonds. The molecule has 3 nitrogen and oxygen atoms in total. The van der Waals surface area contributed by atoms with Crippen LogP contribution in [0.3, 0.4) is 0 Å². The summed E-state index contributed by atoms with van der Waals surface area (Å²) >= 11 is 1.92. The highest BCUT2D eigenvalue weighted by atomic mass is 32.1. The number of piperidine rings is 1. The van der Waals surface area contributed by atoms with E-state index in [9.17, 15) is 0 Å². The predicted octanol–water partition coefficient (Wildman–Crippen LogP) is 4.38. The number of hydrogen-bond acceptors (Lipinski definition) is 4. The summed E-state index contributed by atoms with van der Waals surface area (Å²) in [6, 6.07) is 12.9. The molecule has 0 unspecified atom stereocenters. The number of aromatic nitrogens is 2. The second-order valence-electron chi connectivity index (χ2n) is 6.35. The van der Waals surface area contributed by atoms with Gasteiger partial charge in [0.25, 0.3) is 0 Å². The van der Waals surface area contributed by atoms with Crippen molar-refractivity contribution in [1.82, 2.24) is 14.9 Å². The lowest BCUT2D eigenvalue weighted by Gasteiger charge is -2.31. The van der Waals surface area contributed by atoms with E-state index in [1.165, 1.54) is 28.3 Å². The van der Waals surface area contributed by atoms with Gasteiger partial charge in [0.1, 0.15) is 0 Å². The molecule has 3 aromatic heterocycles. The summed E-state index contributed by atoms with van der Waals surface area (Å²) in [7, 11) is 0. The maximum atomic E-state index is 4.78. The van der Waals surface area contributed by atoms with Gasteiger partial charge in [0.2, 0.25) is 0 Å². The van der Waals surface area contributed by atoms with E-state index in [-0.39, 0.29) is 0 Å². The lowest BCUT2D eigenvalue weighted by molar-refractivity contribution is 0.205. The third-order valence-corrected chi connectivity index (χ3v) is 5.65. The van der Waals surface area contributed by atoms with Crippen LogP contribution in [0, 0.1) is 6.92 Å². The van der Waals surface area contributed by atoms with Crippen LogP contribution in [0.25, 0.3) is 11.0 Å². The molecule has 23 heavy (non-hydrogen) atoms. The number of fused-ring (bicyclic) bond motifs is 1. The van der Waals surface area contributed by atoms with Crippen LogP contribution < -0.4 is 0 Å². The number of pyridine rings is 2. The third-order valence-electron chi connectivity index (χ3n) is 4.67. The predicted molar refractivity (Wildman–Crippen MR) is 95.8 cm³/mol. The average Bonchev–Trinajstić information content (AvgIpc) is 3.00. The van der Waals surface area contributed by atoms with Crippen molar-refractivity contribution in [3.63, 3.8) is 0 Å². The summed E-state index contributed by atoms with van der Waals surface area (Å²) in [6.07, 6.45) is 4.20.